The largest absolute Gasteiger partial charge is 0.493 e. The lowest BCUT2D eigenvalue weighted by molar-refractivity contribution is 0.0935. The predicted molar refractivity (Wildman–Crippen MR) is 103 cm³/mol. The maximum Gasteiger partial charge on any atom is 0.251 e. The zero-order valence-electron chi connectivity index (χ0n) is 15.8. The first-order valence-electron chi connectivity index (χ1n) is 9.30. The van der Waals surface area contributed by atoms with Gasteiger partial charge in [0.1, 0.15) is 0 Å². The van der Waals surface area contributed by atoms with Crippen LogP contribution in [0.1, 0.15) is 59.3 Å². The Labute approximate surface area is 155 Å². The summed E-state index contributed by atoms with van der Waals surface area (Å²) in [5.74, 6) is 1.07. The summed E-state index contributed by atoms with van der Waals surface area (Å²) in [4.78, 5) is 12.7. The van der Waals surface area contributed by atoms with Crippen molar-refractivity contribution in [2.45, 2.75) is 45.1 Å². The van der Waals surface area contributed by atoms with Crippen LogP contribution in [0.4, 0.5) is 0 Å². The van der Waals surface area contributed by atoms with Crippen LogP contribution in [-0.4, -0.2) is 20.1 Å². The average Bonchev–Trinajstić information content (AvgIpc) is 2.70. The molecule has 1 unspecified atom stereocenters. The highest BCUT2D eigenvalue weighted by Gasteiger charge is 2.18. The molecule has 0 radical (unpaired) electrons. The number of aryl methyl sites for hydroxylation is 2. The Hall–Kier alpha value is -2.49. The molecule has 1 atom stereocenters. The maximum atomic E-state index is 12.7. The molecule has 138 valence electrons. The minimum atomic E-state index is -0.101. The molecule has 1 aliphatic rings. The van der Waals surface area contributed by atoms with Gasteiger partial charge in [-0.25, -0.2) is 0 Å². The molecule has 0 bridgehead atoms. The second kappa shape index (κ2) is 8.26. The van der Waals surface area contributed by atoms with Crippen molar-refractivity contribution >= 4 is 5.91 Å². The van der Waals surface area contributed by atoms with Crippen LogP contribution in [0.5, 0.6) is 11.5 Å². The average molecular weight is 353 g/mol. The predicted octanol–water partition coefficient (Wildman–Crippen LogP) is 4.46. The van der Waals surface area contributed by atoms with Gasteiger partial charge in [-0.05, 0) is 67.0 Å². The molecule has 2 aromatic rings. The van der Waals surface area contributed by atoms with Gasteiger partial charge in [0.15, 0.2) is 11.5 Å². The zero-order chi connectivity index (χ0) is 18.5. The Morgan fingerprint density at radius 3 is 2.42 bits per heavy atom. The van der Waals surface area contributed by atoms with Gasteiger partial charge in [-0.2, -0.15) is 0 Å². The second-order valence-electron chi connectivity index (χ2n) is 6.74. The zero-order valence-corrected chi connectivity index (χ0v) is 15.8. The van der Waals surface area contributed by atoms with Gasteiger partial charge in [0.05, 0.1) is 20.3 Å². The summed E-state index contributed by atoms with van der Waals surface area (Å²) in [5, 5.41) is 3.16. The Kier molecular flexibility index (Phi) is 5.82. The molecule has 0 saturated carbocycles. The van der Waals surface area contributed by atoms with Crippen molar-refractivity contribution < 1.29 is 14.3 Å². The normalized spacial score (nSPS) is 14.3. The molecule has 1 N–H and O–H groups in total. The molecule has 1 aliphatic carbocycles. The molecule has 0 aromatic heterocycles. The van der Waals surface area contributed by atoms with Crippen molar-refractivity contribution in [2.75, 3.05) is 14.2 Å². The molecule has 26 heavy (non-hydrogen) atoms. The summed E-state index contributed by atoms with van der Waals surface area (Å²) in [7, 11) is 3.16. The highest BCUT2D eigenvalue weighted by atomic mass is 16.5. The number of hydrogen-bond acceptors (Lipinski definition) is 3. The first kappa shape index (κ1) is 18.3. The summed E-state index contributed by atoms with van der Waals surface area (Å²) < 4.78 is 10.5. The van der Waals surface area contributed by atoms with E-state index in [1.165, 1.54) is 36.0 Å². The molecule has 0 heterocycles. The van der Waals surface area contributed by atoms with Crippen LogP contribution < -0.4 is 14.8 Å². The Bertz CT molecular complexity index is 785. The van der Waals surface area contributed by atoms with E-state index in [-0.39, 0.29) is 11.9 Å². The number of benzene rings is 2. The van der Waals surface area contributed by atoms with Crippen molar-refractivity contribution in [1.29, 1.82) is 0 Å². The van der Waals surface area contributed by atoms with Gasteiger partial charge in [0.2, 0.25) is 0 Å². The van der Waals surface area contributed by atoms with Crippen molar-refractivity contribution in [2.24, 2.45) is 0 Å². The van der Waals surface area contributed by atoms with Crippen LogP contribution in [0.25, 0.3) is 0 Å². The lowest BCUT2D eigenvalue weighted by Crippen LogP contribution is -2.28. The van der Waals surface area contributed by atoms with E-state index < -0.39 is 0 Å². The van der Waals surface area contributed by atoms with E-state index in [0.717, 1.165) is 12.8 Å². The number of ether oxygens (including phenoxy) is 2. The van der Waals surface area contributed by atoms with E-state index in [2.05, 4.69) is 30.4 Å². The van der Waals surface area contributed by atoms with Gasteiger partial charge in [-0.3, -0.25) is 4.79 Å². The number of fused-ring (bicyclic) bond motifs is 1. The first-order valence-corrected chi connectivity index (χ1v) is 9.30. The number of hydrogen-bond donors (Lipinski definition) is 1. The lowest BCUT2D eigenvalue weighted by Gasteiger charge is -2.22. The van der Waals surface area contributed by atoms with E-state index in [9.17, 15) is 4.79 Å². The minimum Gasteiger partial charge on any atom is -0.493 e. The van der Waals surface area contributed by atoms with E-state index in [4.69, 9.17) is 9.47 Å². The molecule has 3 rings (SSSR count). The van der Waals surface area contributed by atoms with Crippen LogP contribution in [0.2, 0.25) is 0 Å². The number of nitrogens with one attached hydrogen (secondary N) is 1. The third-order valence-electron chi connectivity index (χ3n) is 5.13. The molecular formula is C22H27NO3. The summed E-state index contributed by atoms with van der Waals surface area (Å²) >= 11 is 0. The van der Waals surface area contributed by atoms with E-state index in [0.29, 0.717) is 17.1 Å². The second-order valence-corrected chi connectivity index (χ2v) is 6.74. The smallest absolute Gasteiger partial charge is 0.251 e. The van der Waals surface area contributed by atoms with Crippen molar-refractivity contribution in [3.63, 3.8) is 0 Å². The topological polar surface area (TPSA) is 47.6 Å². The number of rotatable bonds is 6. The van der Waals surface area contributed by atoms with Crippen molar-refractivity contribution in [3.05, 3.63) is 58.7 Å². The van der Waals surface area contributed by atoms with Gasteiger partial charge in [0.25, 0.3) is 5.91 Å². The van der Waals surface area contributed by atoms with Crippen molar-refractivity contribution in [3.8, 4) is 11.5 Å². The Balaban J connectivity index is 1.78. The highest BCUT2D eigenvalue weighted by molar-refractivity contribution is 5.95. The molecule has 2 aromatic carbocycles. The number of carbonyl (C=O) groups is 1. The Morgan fingerprint density at radius 2 is 1.73 bits per heavy atom. The van der Waals surface area contributed by atoms with Crippen molar-refractivity contribution in [1.82, 2.24) is 5.32 Å². The van der Waals surface area contributed by atoms with E-state index >= 15 is 0 Å². The third-order valence-corrected chi connectivity index (χ3v) is 5.13. The molecule has 0 fully saturated rings. The molecule has 4 nitrogen and oxygen atoms in total. The van der Waals surface area contributed by atoms with Crippen LogP contribution in [0, 0.1) is 0 Å². The van der Waals surface area contributed by atoms with Gasteiger partial charge in [-0.1, -0.05) is 25.1 Å². The summed E-state index contributed by atoms with van der Waals surface area (Å²) in [6.07, 6.45) is 5.69. The molecular weight excluding hydrogens is 326 g/mol. The van der Waals surface area contributed by atoms with Gasteiger partial charge >= 0.3 is 0 Å². The van der Waals surface area contributed by atoms with Crippen LogP contribution >= 0.6 is 0 Å². The van der Waals surface area contributed by atoms with Gasteiger partial charge < -0.3 is 14.8 Å². The van der Waals surface area contributed by atoms with Gasteiger partial charge in [0, 0.05) is 5.56 Å². The van der Waals surface area contributed by atoms with Crippen LogP contribution in [0.3, 0.4) is 0 Å². The molecule has 0 saturated heterocycles. The molecule has 4 heteroatoms. The van der Waals surface area contributed by atoms with Crippen LogP contribution in [0.15, 0.2) is 36.4 Å². The van der Waals surface area contributed by atoms with Gasteiger partial charge in [-0.15, -0.1) is 0 Å². The lowest BCUT2D eigenvalue weighted by atomic mass is 9.88. The first-order chi connectivity index (χ1) is 12.7. The molecule has 0 spiro atoms. The monoisotopic (exact) mass is 353 g/mol. The van der Waals surface area contributed by atoms with E-state index in [1.807, 2.05) is 0 Å². The maximum absolute atomic E-state index is 12.7. The number of methoxy groups -OCH3 is 2. The van der Waals surface area contributed by atoms with Crippen LogP contribution in [-0.2, 0) is 12.8 Å². The molecule has 1 amide bonds. The fourth-order valence-electron chi connectivity index (χ4n) is 3.61. The third kappa shape index (κ3) is 3.85. The fourth-order valence-corrected chi connectivity index (χ4v) is 3.61. The summed E-state index contributed by atoms with van der Waals surface area (Å²) in [5.41, 5.74) is 4.65. The SMILES string of the molecule is CCC(NC(=O)c1ccc(OC)c(OC)c1)c1ccc2c(c1)CCCC2. The number of carbonyl (C=O) groups excluding carboxylic acids is 1. The number of amides is 1. The summed E-state index contributed by atoms with van der Waals surface area (Å²) in [6.45, 7) is 2.10. The van der Waals surface area contributed by atoms with E-state index in [1.54, 1.807) is 32.4 Å². The molecule has 0 aliphatic heterocycles. The highest BCUT2D eigenvalue weighted by Crippen LogP contribution is 2.29. The quantitative estimate of drug-likeness (QED) is 0.834. The minimum absolute atomic E-state index is 0.00261. The summed E-state index contributed by atoms with van der Waals surface area (Å²) in [6, 6.07) is 11.9. The fraction of sp³-hybridized carbons (Fsp3) is 0.409. The standard InChI is InChI=1S/C22H27NO3/c1-4-19(17-10-9-15-7-5-6-8-16(15)13-17)23-22(24)18-11-12-20(25-2)21(14-18)26-3/h9-14,19H,4-8H2,1-3H3,(H,23,24). The Morgan fingerprint density at radius 1 is 1.00 bits per heavy atom.